The van der Waals surface area contributed by atoms with Crippen LogP contribution in [0, 0.1) is 11.6 Å². The topological polar surface area (TPSA) is 31.1 Å². The van der Waals surface area contributed by atoms with Crippen LogP contribution in [0.1, 0.15) is 42.5 Å². The lowest BCUT2D eigenvalue weighted by molar-refractivity contribution is 0.0494. The molecule has 152 valence electrons. The first-order valence-corrected chi connectivity index (χ1v) is 10.4. The number of aromatic nitrogens is 1. The summed E-state index contributed by atoms with van der Waals surface area (Å²) in [5.41, 5.74) is 4.22. The molecule has 2 N–H and O–H groups in total. The molecule has 0 unspecified atom stereocenters. The molecule has 1 aliphatic carbocycles. The van der Waals surface area contributed by atoms with Gasteiger partial charge in [0.05, 0.1) is 5.54 Å². The molecule has 2 aliphatic rings. The van der Waals surface area contributed by atoms with Crippen LogP contribution < -0.4 is 5.32 Å². The fraction of sp³-hybridized carbons (Fsp3) is 0.417. The summed E-state index contributed by atoms with van der Waals surface area (Å²) in [6.07, 6.45) is 4.66. The summed E-state index contributed by atoms with van der Waals surface area (Å²) >= 11 is 0. The van der Waals surface area contributed by atoms with Gasteiger partial charge < -0.3 is 10.3 Å². The molecule has 1 aromatic heterocycles. The Hall–Kier alpha value is -2.24. The van der Waals surface area contributed by atoms with Crippen LogP contribution in [0.15, 0.2) is 42.5 Å². The molecular formula is C24H27F2N3. The van der Waals surface area contributed by atoms with E-state index in [4.69, 9.17) is 0 Å². The Morgan fingerprint density at radius 2 is 1.69 bits per heavy atom. The average molecular weight is 395 g/mol. The van der Waals surface area contributed by atoms with Gasteiger partial charge in [-0.05, 0) is 87.7 Å². The maximum atomic E-state index is 14.0. The van der Waals surface area contributed by atoms with E-state index in [1.807, 2.05) is 18.2 Å². The lowest BCUT2D eigenvalue weighted by Gasteiger charge is -2.51. The van der Waals surface area contributed by atoms with Gasteiger partial charge in [-0.1, -0.05) is 12.1 Å². The summed E-state index contributed by atoms with van der Waals surface area (Å²) < 4.78 is 27.8. The number of fused-ring (bicyclic) bond motifs is 4. The molecule has 1 spiro atoms. The lowest BCUT2D eigenvalue weighted by Crippen LogP contribution is -2.55. The Kier molecular flexibility index (Phi) is 4.30. The van der Waals surface area contributed by atoms with Crippen molar-refractivity contribution in [3.8, 4) is 0 Å². The first-order valence-electron chi connectivity index (χ1n) is 10.4. The number of hydrogen-bond acceptors (Lipinski definition) is 2. The highest BCUT2D eigenvalue weighted by Crippen LogP contribution is 2.50. The molecule has 29 heavy (non-hydrogen) atoms. The third-order valence-corrected chi connectivity index (χ3v) is 7.33. The summed E-state index contributed by atoms with van der Waals surface area (Å²) in [6, 6.07) is 12.1. The van der Waals surface area contributed by atoms with Gasteiger partial charge in [0.1, 0.15) is 11.6 Å². The van der Waals surface area contributed by atoms with E-state index in [0.29, 0.717) is 0 Å². The summed E-state index contributed by atoms with van der Waals surface area (Å²) in [5, 5.41) is 4.80. The van der Waals surface area contributed by atoms with Gasteiger partial charge in [0.2, 0.25) is 0 Å². The molecule has 2 heterocycles. The highest BCUT2D eigenvalue weighted by atomic mass is 19.1. The van der Waals surface area contributed by atoms with E-state index in [1.165, 1.54) is 23.4 Å². The number of rotatable bonds is 2. The molecule has 3 aromatic rings. The fourth-order valence-corrected chi connectivity index (χ4v) is 5.69. The highest BCUT2D eigenvalue weighted by molar-refractivity contribution is 5.85. The minimum atomic E-state index is -0.187. The molecular weight excluding hydrogens is 368 g/mol. The van der Waals surface area contributed by atoms with Crippen LogP contribution in [0.25, 0.3) is 10.9 Å². The third-order valence-electron chi connectivity index (χ3n) is 7.33. The fourth-order valence-electron chi connectivity index (χ4n) is 5.69. The van der Waals surface area contributed by atoms with Crippen molar-refractivity contribution in [2.45, 2.75) is 43.2 Å². The van der Waals surface area contributed by atoms with Gasteiger partial charge in [0, 0.05) is 28.7 Å². The molecule has 0 saturated heterocycles. The van der Waals surface area contributed by atoms with Crippen LogP contribution >= 0.6 is 0 Å². The van der Waals surface area contributed by atoms with Gasteiger partial charge in [-0.2, -0.15) is 0 Å². The molecule has 5 rings (SSSR count). The van der Waals surface area contributed by atoms with Crippen molar-refractivity contribution in [3.05, 3.63) is 70.9 Å². The normalized spacial score (nSPS) is 26.9. The van der Waals surface area contributed by atoms with Crippen molar-refractivity contribution in [1.29, 1.82) is 0 Å². The van der Waals surface area contributed by atoms with E-state index in [0.717, 1.165) is 55.1 Å². The van der Waals surface area contributed by atoms with Crippen molar-refractivity contribution in [2.75, 3.05) is 20.6 Å². The largest absolute Gasteiger partial charge is 0.357 e. The SMILES string of the molecule is CN(C)C1(c2cccc(F)c2)CCC2(CC1)NCCc1c2[nH]c2ccc(F)cc12. The van der Waals surface area contributed by atoms with E-state index >= 15 is 0 Å². The quantitative estimate of drug-likeness (QED) is 0.652. The zero-order chi connectivity index (χ0) is 20.2. The predicted octanol–water partition coefficient (Wildman–Crippen LogP) is 4.82. The van der Waals surface area contributed by atoms with Crippen molar-refractivity contribution in [3.63, 3.8) is 0 Å². The average Bonchev–Trinajstić information content (AvgIpc) is 3.08. The van der Waals surface area contributed by atoms with Gasteiger partial charge in [0.15, 0.2) is 0 Å². The smallest absolute Gasteiger partial charge is 0.123 e. The number of halogens is 2. The van der Waals surface area contributed by atoms with Gasteiger partial charge in [0.25, 0.3) is 0 Å². The molecule has 1 fully saturated rings. The van der Waals surface area contributed by atoms with Crippen molar-refractivity contribution in [1.82, 2.24) is 15.2 Å². The second-order valence-electron chi connectivity index (χ2n) is 8.86. The Balaban J connectivity index is 1.54. The molecule has 0 radical (unpaired) electrons. The molecule has 3 nitrogen and oxygen atoms in total. The highest BCUT2D eigenvalue weighted by Gasteiger charge is 2.48. The van der Waals surface area contributed by atoms with E-state index in [1.54, 1.807) is 12.1 Å². The van der Waals surface area contributed by atoms with Crippen LogP contribution in [0.3, 0.4) is 0 Å². The maximum Gasteiger partial charge on any atom is 0.123 e. The molecule has 1 aliphatic heterocycles. The Bertz CT molecular complexity index is 1060. The summed E-state index contributed by atoms with van der Waals surface area (Å²) in [7, 11) is 4.18. The minimum absolute atomic E-state index is 0.129. The van der Waals surface area contributed by atoms with Crippen molar-refractivity contribution in [2.24, 2.45) is 0 Å². The summed E-state index contributed by atoms with van der Waals surface area (Å²) in [6.45, 7) is 0.894. The molecule has 2 aromatic carbocycles. The molecule has 5 heteroatoms. The van der Waals surface area contributed by atoms with Gasteiger partial charge in [-0.3, -0.25) is 4.90 Å². The minimum Gasteiger partial charge on any atom is -0.357 e. The Morgan fingerprint density at radius 3 is 2.41 bits per heavy atom. The predicted molar refractivity (Wildman–Crippen MR) is 112 cm³/mol. The molecule has 0 atom stereocenters. The number of aromatic amines is 1. The van der Waals surface area contributed by atoms with E-state index < -0.39 is 0 Å². The third kappa shape index (κ3) is 2.82. The van der Waals surface area contributed by atoms with Crippen molar-refractivity contribution >= 4 is 10.9 Å². The van der Waals surface area contributed by atoms with E-state index in [2.05, 4.69) is 29.3 Å². The Labute approximate surface area is 170 Å². The second kappa shape index (κ2) is 6.64. The number of nitrogens with one attached hydrogen (secondary N) is 2. The van der Waals surface area contributed by atoms with Crippen LogP contribution in [0.5, 0.6) is 0 Å². The van der Waals surface area contributed by atoms with Crippen LogP contribution in [0.2, 0.25) is 0 Å². The number of nitrogens with zero attached hydrogens (tertiary/aromatic N) is 1. The maximum absolute atomic E-state index is 14.0. The van der Waals surface area contributed by atoms with E-state index in [9.17, 15) is 8.78 Å². The zero-order valence-corrected chi connectivity index (χ0v) is 17.0. The lowest BCUT2D eigenvalue weighted by atomic mass is 9.66. The van der Waals surface area contributed by atoms with Gasteiger partial charge >= 0.3 is 0 Å². The monoisotopic (exact) mass is 395 g/mol. The molecule has 1 saturated carbocycles. The van der Waals surface area contributed by atoms with Crippen molar-refractivity contribution < 1.29 is 8.78 Å². The standard InChI is InChI=1S/C24H27F2N3/c1-29(2)24(16-4-3-5-17(25)14-16)11-9-23(10-12-24)22-19(8-13-27-23)20-15-18(26)6-7-21(20)28-22/h3-7,14-15,27-28H,8-13H2,1-2H3. The molecule has 0 amide bonds. The van der Waals surface area contributed by atoms with E-state index in [-0.39, 0.29) is 22.7 Å². The van der Waals surface area contributed by atoms with Crippen LogP contribution in [-0.2, 0) is 17.5 Å². The number of H-pyrrole nitrogens is 1. The summed E-state index contributed by atoms with van der Waals surface area (Å²) in [5.74, 6) is -0.368. The first kappa shape index (κ1) is 18.8. The molecule has 0 bridgehead atoms. The van der Waals surface area contributed by atoms with Gasteiger partial charge in [-0.25, -0.2) is 8.78 Å². The zero-order valence-electron chi connectivity index (χ0n) is 17.0. The first-order chi connectivity index (χ1) is 13.9. The Morgan fingerprint density at radius 1 is 0.931 bits per heavy atom. The second-order valence-corrected chi connectivity index (χ2v) is 8.86. The number of benzene rings is 2. The number of hydrogen-bond donors (Lipinski definition) is 2. The van der Waals surface area contributed by atoms with Crippen LogP contribution in [0.4, 0.5) is 8.78 Å². The summed E-state index contributed by atoms with van der Waals surface area (Å²) in [4.78, 5) is 5.86. The van der Waals surface area contributed by atoms with Gasteiger partial charge in [-0.15, -0.1) is 0 Å². The van der Waals surface area contributed by atoms with Crippen LogP contribution in [-0.4, -0.2) is 30.5 Å².